The van der Waals surface area contributed by atoms with Gasteiger partial charge >= 0.3 is 6.03 Å². The number of nitrogens with one attached hydrogen (secondary N) is 2. The Bertz CT molecular complexity index is 1160. The fraction of sp³-hybridized carbons (Fsp3) is 0.0909. The Morgan fingerprint density at radius 1 is 0.867 bits per heavy atom. The zero-order valence-electron chi connectivity index (χ0n) is 16.0. The molecule has 0 bridgehead atoms. The average Bonchev–Trinajstić information content (AvgIpc) is 2.74. The van der Waals surface area contributed by atoms with Crippen molar-refractivity contribution >= 4 is 39.1 Å². The van der Waals surface area contributed by atoms with Gasteiger partial charge in [0.15, 0.2) is 9.84 Å². The summed E-state index contributed by atoms with van der Waals surface area (Å²) in [6.07, 6.45) is 0. The fourth-order valence-electron chi connectivity index (χ4n) is 2.81. The summed E-state index contributed by atoms with van der Waals surface area (Å²) in [5.74, 6) is -0.644. The lowest BCUT2D eigenvalue weighted by molar-refractivity contribution is 0.0967. The molecular formula is C22H19ClN2O4S. The van der Waals surface area contributed by atoms with Crippen molar-refractivity contribution in [2.45, 2.75) is 17.1 Å². The van der Waals surface area contributed by atoms with E-state index in [0.717, 1.165) is 0 Å². The number of imide groups is 1. The monoisotopic (exact) mass is 442 g/mol. The molecule has 154 valence electrons. The van der Waals surface area contributed by atoms with E-state index in [0.29, 0.717) is 11.3 Å². The molecule has 0 radical (unpaired) electrons. The summed E-state index contributed by atoms with van der Waals surface area (Å²) in [7, 11) is -3.59. The van der Waals surface area contributed by atoms with Gasteiger partial charge in [0.25, 0.3) is 5.91 Å². The van der Waals surface area contributed by atoms with E-state index in [1.54, 1.807) is 49.4 Å². The van der Waals surface area contributed by atoms with Crippen molar-refractivity contribution in [1.29, 1.82) is 0 Å². The van der Waals surface area contributed by atoms with Crippen LogP contribution in [0.25, 0.3) is 0 Å². The topological polar surface area (TPSA) is 92.3 Å². The summed E-state index contributed by atoms with van der Waals surface area (Å²) in [5.41, 5.74) is 1.20. The molecule has 2 N–H and O–H groups in total. The van der Waals surface area contributed by atoms with Crippen molar-refractivity contribution in [3.05, 3.63) is 95.0 Å². The van der Waals surface area contributed by atoms with E-state index in [2.05, 4.69) is 10.6 Å². The zero-order valence-corrected chi connectivity index (χ0v) is 17.6. The highest BCUT2D eigenvalue weighted by Gasteiger charge is 2.24. The molecule has 6 nitrogen and oxygen atoms in total. The predicted molar refractivity (Wildman–Crippen MR) is 116 cm³/mol. The van der Waals surface area contributed by atoms with Gasteiger partial charge in [-0.1, -0.05) is 54.1 Å². The first kappa shape index (κ1) is 21.5. The molecule has 3 amide bonds. The third kappa shape index (κ3) is 4.87. The van der Waals surface area contributed by atoms with Gasteiger partial charge in [-0.2, -0.15) is 0 Å². The van der Waals surface area contributed by atoms with Gasteiger partial charge in [0, 0.05) is 5.69 Å². The molecule has 3 rings (SSSR count). The molecule has 0 aliphatic carbocycles. The summed E-state index contributed by atoms with van der Waals surface area (Å²) in [5, 5.41) is 4.18. The van der Waals surface area contributed by atoms with E-state index in [4.69, 9.17) is 11.6 Å². The van der Waals surface area contributed by atoms with E-state index >= 15 is 0 Å². The van der Waals surface area contributed by atoms with Gasteiger partial charge in [0.1, 0.15) is 0 Å². The van der Waals surface area contributed by atoms with Gasteiger partial charge in [0.05, 0.1) is 20.7 Å². The first-order valence-corrected chi connectivity index (χ1v) is 11.0. The number of amides is 3. The lowest BCUT2D eigenvalue weighted by atomic mass is 10.2. The lowest BCUT2D eigenvalue weighted by Gasteiger charge is -2.14. The van der Waals surface area contributed by atoms with Crippen molar-refractivity contribution in [2.24, 2.45) is 0 Å². The minimum Gasteiger partial charge on any atom is -0.308 e. The molecule has 0 saturated heterocycles. The molecule has 0 aromatic heterocycles. The van der Waals surface area contributed by atoms with Crippen molar-refractivity contribution in [3.63, 3.8) is 0 Å². The smallest absolute Gasteiger partial charge is 0.308 e. The summed E-state index contributed by atoms with van der Waals surface area (Å²) < 4.78 is 25.7. The summed E-state index contributed by atoms with van der Waals surface area (Å²) in [4.78, 5) is 24.3. The van der Waals surface area contributed by atoms with Gasteiger partial charge in [0.2, 0.25) is 0 Å². The van der Waals surface area contributed by atoms with Crippen LogP contribution in [0.2, 0.25) is 5.02 Å². The number of anilines is 1. The maximum absolute atomic E-state index is 12.8. The largest absolute Gasteiger partial charge is 0.326 e. The number of carbonyl (C=O) groups excluding carboxylic acids is 2. The van der Waals surface area contributed by atoms with Gasteiger partial charge in [-0.3, -0.25) is 10.1 Å². The van der Waals surface area contributed by atoms with Crippen molar-refractivity contribution in [3.8, 4) is 0 Å². The molecule has 30 heavy (non-hydrogen) atoms. The Balaban J connectivity index is 1.67. The molecule has 1 unspecified atom stereocenters. The Kier molecular flexibility index (Phi) is 6.54. The van der Waals surface area contributed by atoms with E-state index in [9.17, 15) is 18.0 Å². The van der Waals surface area contributed by atoms with Gasteiger partial charge in [-0.15, -0.1) is 0 Å². The summed E-state index contributed by atoms with van der Waals surface area (Å²) in [6.45, 7) is 1.63. The number of carbonyl (C=O) groups is 2. The summed E-state index contributed by atoms with van der Waals surface area (Å²) >= 11 is 5.94. The second kappa shape index (κ2) is 9.11. The third-order valence-electron chi connectivity index (χ3n) is 4.52. The third-order valence-corrected chi connectivity index (χ3v) is 6.98. The SMILES string of the molecule is CC(c1ccccc1)S(=O)(=O)c1ccc(NC(=O)NC(=O)c2ccccc2Cl)cc1. The molecule has 0 saturated carbocycles. The second-order valence-electron chi connectivity index (χ2n) is 6.51. The molecule has 8 heteroatoms. The van der Waals surface area contributed by atoms with Crippen molar-refractivity contribution < 1.29 is 18.0 Å². The first-order chi connectivity index (χ1) is 14.3. The maximum atomic E-state index is 12.8. The normalized spacial score (nSPS) is 12.1. The van der Waals surface area contributed by atoms with Crippen LogP contribution in [-0.4, -0.2) is 20.4 Å². The molecule has 0 aliphatic heterocycles. The number of urea groups is 1. The molecule has 0 heterocycles. The quantitative estimate of drug-likeness (QED) is 0.591. The Morgan fingerprint density at radius 3 is 2.10 bits per heavy atom. The Morgan fingerprint density at radius 2 is 1.47 bits per heavy atom. The van der Waals surface area contributed by atoms with Crippen LogP contribution in [0.3, 0.4) is 0 Å². The minimum atomic E-state index is -3.59. The van der Waals surface area contributed by atoms with Gasteiger partial charge in [-0.05, 0) is 48.9 Å². The van der Waals surface area contributed by atoms with Gasteiger partial charge < -0.3 is 5.32 Å². The predicted octanol–water partition coefficient (Wildman–Crippen LogP) is 4.84. The summed E-state index contributed by atoms with van der Waals surface area (Å²) in [6, 6.07) is 20.3. The molecule has 0 aliphatic rings. The second-order valence-corrected chi connectivity index (χ2v) is 9.19. The minimum absolute atomic E-state index is 0.136. The molecule has 3 aromatic rings. The van der Waals surface area contributed by atoms with Crippen LogP contribution in [0, 0.1) is 0 Å². The van der Waals surface area contributed by atoms with Crippen LogP contribution in [0.15, 0.2) is 83.8 Å². The Hall–Kier alpha value is -3.16. The molecule has 0 spiro atoms. The van der Waals surface area contributed by atoms with Crippen LogP contribution >= 0.6 is 11.6 Å². The van der Waals surface area contributed by atoms with E-state index in [1.807, 2.05) is 6.07 Å². The fourth-order valence-corrected chi connectivity index (χ4v) is 4.47. The highest BCUT2D eigenvalue weighted by molar-refractivity contribution is 7.91. The number of sulfone groups is 1. The first-order valence-electron chi connectivity index (χ1n) is 9.05. The van der Waals surface area contributed by atoms with Crippen LogP contribution in [0.5, 0.6) is 0 Å². The molecule has 0 fully saturated rings. The van der Waals surface area contributed by atoms with Crippen LogP contribution in [0.4, 0.5) is 10.5 Å². The number of benzene rings is 3. The lowest BCUT2D eigenvalue weighted by Crippen LogP contribution is -2.34. The van der Waals surface area contributed by atoms with Crippen LogP contribution in [0.1, 0.15) is 28.1 Å². The standard InChI is InChI=1S/C22H19ClN2O4S/c1-15(16-7-3-2-4-8-16)30(28,29)18-13-11-17(12-14-18)24-22(27)25-21(26)19-9-5-6-10-20(19)23/h2-15H,1H3,(H2,24,25,26,27). The molecular weight excluding hydrogens is 424 g/mol. The van der Waals surface area contributed by atoms with Crippen molar-refractivity contribution in [2.75, 3.05) is 5.32 Å². The highest BCUT2D eigenvalue weighted by Crippen LogP contribution is 2.29. The zero-order chi connectivity index (χ0) is 21.7. The highest BCUT2D eigenvalue weighted by atomic mass is 35.5. The molecule has 1 atom stereocenters. The van der Waals surface area contributed by atoms with Gasteiger partial charge in [-0.25, -0.2) is 13.2 Å². The van der Waals surface area contributed by atoms with Crippen LogP contribution in [-0.2, 0) is 9.84 Å². The van der Waals surface area contributed by atoms with E-state index in [-0.39, 0.29) is 15.5 Å². The molecule has 3 aromatic carbocycles. The van der Waals surface area contributed by atoms with Crippen molar-refractivity contribution in [1.82, 2.24) is 5.32 Å². The van der Waals surface area contributed by atoms with Crippen LogP contribution < -0.4 is 10.6 Å². The number of hydrogen-bond acceptors (Lipinski definition) is 4. The van der Waals surface area contributed by atoms with E-state index < -0.39 is 27.0 Å². The number of rotatable bonds is 5. The Labute approximate surface area is 179 Å². The maximum Gasteiger partial charge on any atom is 0.326 e. The van der Waals surface area contributed by atoms with E-state index in [1.165, 1.54) is 30.3 Å². The average molecular weight is 443 g/mol. The number of halogens is 1. The number of hydrogen-bond donors (Lipinski definition) is 2.